The second kappa shape index (κ2) is 1.90. The highest BCUT2D eigenvalue weighted by molar-refractivity contribution is 5.21. The molecule has 1 N–H and O–H groups in total. The predicted octanol–water partition coefficient (Wildman–Crippen LogP) is 1.93. The Balaban J connectivity index is 1.89. The monoisotopic (exact) mass is 121 g/mol. The number of nitrogens with one attached hydrogen (secondary N) is 1. The van der Waals surface area contributed by atoms with Gasteiger partial charge in [-0.15, -0.1) is 0 Å². The zero-order valence-corrected chi connectivity index (χ0v) is 5.48. The molecule has 9 heavy (non-hydrogen) atoms. The van der Waals surface area contributed by atoms with Crippen molar-refractivity contribution in [1.29, 1.82) is 0 Å². The summed E-state index contributed by atoms with van der Waals surface area (Å²) in [5, 5.41) is 3.38. The Hall–Kier alpha value is -0.720. The van der Waals surface area contributed by atoms with E-state index in [1.54, 1.807) is 0 Å². The van der Waals surface area contributed by atoms with E-state index in [1.807, 2.05) is 0 Å². The molecule has 0 aromatic carbocycles. The van der Waals surface area contributed by atoms with Crippen LogP contribution in [0.3, 0.4) is 0 Å². The Morgan fingerprint density at radius 2 is 1.44 bits per heavy atom. The van der Waals surface area contributed by atoms with E-state index >= 15 is 0 Å². The van der Waals surface area contributed by atoms with Crippen LogP contribution in [-0.2, 0) is 0 Å². The predicted molar refractivity (Wildman–Crippen MR) is 37.8 cm³/mol. The minimum Gasteiger partial charge on any atom is -0.363 e. The van der Waals surface area contributed by atoms with Crippen LogP contribution in [0.1, 0.15) is 25.7 Å². The van der Waals surface area contributed by atoms with E-state index in [2.05, 4.69) is 17.5 Å². The molecule has 0 saturated heterocycles. The highest BCUT2D eigenvalue weighted by Crippen LogP contribution is 2.21. The maximum absolute atomic E-state index is 3.38. The van der Waals surface area contributed by atoms with Gasteiger partial charge < -0.3 is 5.32 Å². The van der Waals surface area contributed by atoms with Gasteiger partial charge in [-0.05, 0) is 25.7 Å². The van der Waals surface area contributed by atoms with Crippen molar-refractivity contribution in [1.82, 2.24) is 5.32 Å². The van der Waals surface area contributed by atoms with Gasteiger partial charge in [0.05, 0.1) is 0 Å². The van der Waals surface area contributed by atoms with Crippen LogP contribution in [0.15, 0.2) is 23.5 Å². The van der Waals surface area contributed by atoms with Crippen LogP contribution in [0.2, 0.25) is 0 Å². The molecular formula is C8H11N. The average Bonchev–Trinajstić information content (AvgIpc) is 1.57. The van der Waals surface area contributed by atoms with E-state index in [0.29, 0.717) is 0 Å². The lowest BCUT2D eigenvalue weighted by molar-refractivity contribution is 0.700. The summed E-state index contributed by atoms with van der Waals surface area (Å²) >= 11 is 0. The molecule has 0 atom stereocenters. The first-order valence-electron chi connectivity index (χ1n) is 3.60. The lowest BCUT2D eigenvalue weighted by Gasteiger charge is -2.22. The van der Waals surface area contributed by atoms with Gasteiger partial charge in [0.25, 0.3) is 0 Å². The zero-order chi connectivity index (χ0) is 6.10. The van der Waals surface area contributed by atoms with Gasteiger partial charge in [0.15, 0.2) is 0 Å². The summed E-state index contributed by atoms with van der Waals surface area (Å²) in [6, 6.07) is 0. The first kappa shape index (κ1) is 5.10. The van der Waals surface area contributed by atoms with Gasteiger partial charge in [0, 0.05) is 11.4 Å². The van der Waals surface area contributed by atoms with Crippen molar-refractivity contribution in [2.75, 3.05) is 0 Å². The molecule has 1 heteroatoms. The number of rotatable bonds is 2. The van der Waals surface area contributed by atoms with Crippen LogP contribution >= 0.6 is 0 Å². The molecule has 0 saturated carbocycles. The topological polar surface area (TPSA) is 12.0 Å². The smallest absolute Gasteiger partial charge is 0.0111 e. The first-order valence-corrected chi connectivity index (χ1v) is 3.60. The van der Waals surface area contributed by atoms with Gasteiger partial charge in [-0.2, -0.15) is 0 Å². The number of hydrogen-bond acceptors (Lipinski definition) is 1. The minimum absolute atomic E-state index is 1.26. The van der Waals surface area contributed by atoms with Gasteiger partial charge in [0.2, 0.25) is 0 Å². The van der Waals surface area contributed by atoms with Crippen molar-refractivity contribution in [3.63, 3.8) is 0 Å². The Morgan fingerprint density at radius 1 is 1.00 bits per heavy atom. The fourth-order valence-corrected chi connectivity index (χ4v) is 1.01. The molecule has 0 aromatic heterocycles. The van der Waals surface area contributed by atoms with Crippen molar-refractivity contribution in [2.24, 2.45) is 0 Å². The first-order chi connectivity index (χ1) is 4.45. The molecule has 2 rings (SSSR count). The molecular weight excluding hydrogens is 110 g/mol. The summed E-state index contributed by atoms with van der Waals surface area (Å²) in [4.78, 5) is 0. The quantitative estimate of drug-likeness (QED) is 0.588. The molecule has 0 bridgehead atoms. The molecule has 48 valence electrons. The van der Waals surface area contributed by atoms with E-state index in [1.165, 1.54) is 37.1 Å². The van der Waals surface area contributed by atoms with Crippen LogP contribution in [0.4, 0.5) is 0 Å². The Kier molecular flexibility index (Phi) is 1.08. The van der Waals surface area contributed by atoms with Gasteiger partial charge >= 0.3 is 0 Å². The maximum Gasteiger partial charge on any atom is 0.0111 e. The number of hydrogen-bond donors (Lipinski definition) is 1. The molecule has 2 aliphatic carbocycles. The molecule has 0 aromatic rings. The van der Waals surface area contributed by atoms with Crippen molar-refractivity contribution in [3.8, 4) is 0 Å². The van der Waals surface area contributed by atoms with Crippen LogP contribution in [0.25, 0.3) is 0 Å². The van der Waals surface area contributed by atoms with Crippen LogP contribution < -0.4 is 5.32 Å². The summed E-state index contributed by atoms with van der Waals surface area (Å²) in [7, 11) is 0. The standard InChI is InChI=1S/C8H11N/c1-3-7(4-1)9-8-5-2-6-8/h3,5,9H,1-2,4,6H2. The van der Waals surface area contributed by atoms with Crippen LogP contribution in [0.5, 0.6) is 0 Å². The summed E-state index contributed by atoms with van der Waals surface area (Å²) < 4.78 is 0. The second-order valence-corrected chi connectivity index (χ2v) is 2.66. The lowest BCUT2D eigenvalue weighted by Crippen LogP contribution is -2.19. The summed E-state index contributed by atoms with van der Waals surface area (Å²) in [6.45, 7) is 0. The second-order valence-electron chi connectivity index (χ2n) is 2.66. The summed E-state index contributed by atoms with van der Waals surface area (Å²) in [5.41, 5.74) is 2.86. The SMILES string of the molecule is C1=C(NC2=CCC2)CC1. The van der Waals surface area contributed by atoms with Gasteiger partial charge in [-0.25, -0.2) is 0 Å². The third-order valence-corrected chi connectivity index (χ3v) is 1.93. The largest absolute Gasteiger partial charge is 0.363 e. The van der Waals surface area contributed by atoms with E-state index in [-0.39, 0.29) is 0 Å². The molecule has 0 radical (unpaired) electrons. The van der Waals surface area contributed by atoms with E-state index in [9.17, 15) is 0 Å². The molecule has 2 aliphatic rings. The van der Waals surface area contributed by atoms with Gasteiger partial charge in [0.1, 0.15) is 0 Å². The van der Waals surface area contributed by atoms with Crippen molar-refractivity contribution >= 4 is 0 Å². The van der Waals surface area contributed by atoms with E-state index in [0.717, 1.165) is 0 Å². The summed E-state index contributed by atoms with van der Waals surface area (Å²) in [6.07, 6.45) is 9.60. The van der Waals surface area contributed by atoms with Crippen LogP contribution in [0, 0.1) is 0 Å². The molecule has 0 unspecified atom stereocenters. The molecule has 0 heterocycles. The molecule has 0 fully saturated rings. The third-order valence-electron chi connectivity index (χ3n) is 1.93. The third kappa shape index (κ3) is 0.869. The highest BCUT2D eigenvalue weighted by atomic mass is 14.9. The van der Waals surface area contributed by atoms with Gasteiger partial charge in [-0.3, -0.25) is 0 Å². The molecule has 0 aliphatic heterocycles. The molecule has 1 nitrogen and oxygen atoms in total. The number of allylic oxidation sites excluding steroid dienone is 4. The van der Waals surface area contributed by atoms with Crippen molar-refractivity contribution < 1.29 is 0 Å². The summed E-state index contributed by atoms with van der Waals surface area (Å²) in [5.74, 6) is 0. The Labute approximate surface area is 55.5 Å². The molecule has 0 amide bonds. The lowest BCUT2D eigenvalue weighted by atomic mass is 10.0. The van der Waals surface area contributed by atoms with Gasteiger partial charge in [-0.1, -0.05) is 12.2 Å². The average molecular weight is 121 g/mol. The van der Waals surface area contributed by atoms with E-state index in [4.69, 9.17) is 0 Å². The fourth-order valence-electron chi connectivity index (χ4n) is 1.01. The minimum atomic E-state index is 1.26. The van der Waals surface area contributed by atoms with Crippen LogP contribution in [-0.4, -0.2) is 0 Å². The van der Waals surface area contributed by atoms with Crippen molar-refractivity contribution in [3.05, 3.63) is 23.5 Å². The maximum atomic E-state index is 3.38. The Bertz CT molecular complexity index is 157. The van der Waals surface area contributed by atoms with E-state index < -0.39 is 0 Å². The highest BCUT2D eigenvalue weighted by Gasteiger charge is 2.09. The fraction of sp³-hybridized carbons (Fsp3) is 0.500. The molecule has 0 spiro atoms. The Morgan fingerprint density at radius 3 is 1.67 bits per heavy atom. The normalized spacial score (nSPS) is 23.1. The van der Waals surface area contributed by atoms with Crippen molar-refractivity contribution in [2.45, 2.75) is 25.7 Å². The zero-order valence-electron chi connectivity index (χ0n) is 5.48.